The van der Waals surface area contributed by atoms with Crippen LogP contribution in [0.4, 0.5) is 11.5 Å². The molecule has 8 heteroatoms. The van der Waals surface area contributed by atoms with E-state index in [9.17, 15) is 9.59 Å². The quantitative estimate of drug-likeness (QED) is 0.821. The fourth-order valence-electron chi connectivity index (χ4n) is 3.49. The maximum Gasteiger partial charge on any atom is 0.256 e. The summed E-state index contributed by atoms with van der Waals surface area (Å²) >= 11 is 1.93. The van der Waals surface area contributed by atoms with Gasteiger partial charge in [0.25, 0.3) is 5.91 Å². The van der Waals surface area contributed by atoms with Crippen molar-refractivity contribution < 1.29 is 9.59 Å². The standard InChI is InChI=1S/C20H23N5O2S/c1-24-18(23-20(27)16-3-2-8-21-19(16)24)14-4-6-15(7-5-14)22-17(26)13-25-9-11-28-12-10-25/h2-8,18H,9-13H2,1H3,(H,22,26)(H,23,27). The minimum Gasteiger partial charge on any atom is -0.335 e. The van der Waals surface area contributed by atoms with Crippen LogP contribution in [0.25, 0.3) is 0 Å². The van der Waals surface area contributed by atoms with E-state index in [2.05, 4.69) is 20.5 Å². The zero-order chi connectivity index (χ0) is 19.5. The predicted octanol–water partition coefficient (Wildman–Crippen LogP) is 1.95. The van der Waals surface area contributed by atoms with Gasteiger partial charge in [0.1, 0.15) is 12.0 Å². The van der Waals surface area contributed by atoms with E-state index < -0.39 is 0 Å². The molecule has 1 atom stereocenters. The SMILES string of the molecule is CN1c2ncccc2C(=O)NC1c1ccc(NC(=O)CN2CCSCC2)cc1. The van der Waals surface area contributed by atoms with E-state index in [1.807, 2.05) is 48.0 Å². The molecule has 0 aliphatic carbocycles. The minimum absolute atomic E-state index is 0.000801. The van der Waals surface area contributed by atoms with Crippen LogP contribution in [0.2, 0.25) is 0 Å². The number of hydrogen-bond donors (Lipinski definition) is 2. The largest absolute Gasteiger partial charge is 0.335 e. The summed E-state index contributed by atoms with van der Waals surface area (Å²) in [4.78, 5) is 33.1. The number of anilines is 2. The number of thioether (sulfide) groups is 1. The van der Waals surface area contributed by atoms with Crippen LogP contribution in [0.5, 0.6) is 0 Å². The van der Waals surface area contributed by atoms with Gasteiger partial charge in [-0.3, -0.25) is 14.5 Å². The third kappa shape index (κ3) is 3.98. The highest BCUT2D eigenvalue weighted by Gasteiger charge is 2.30. The number of nitrogens with zero attached hydrogens (tertiary/aromatic N) is 3. The van der Waals surface area contributed by atoms with Crippen molar-refractivity contribution in [3.63, 3.8) is 0 Å². The van der Waals surface area contributed by atoms with Crippen molar-refractivity contribution in [3.05, 3.63) is 53.7 Å². The molecular formula is C20H23N5O2S. The molecule has 0 saturated carbocycles. The second-order valence-electron chi connectivity index (χ2n) is 6.92. The molecule has 1 unspecified atom stereocenters. The van der Waals surface area contributed by atoms with Crippen LogP contribution in [0.15, 0.2) is 42.6 Å². The van der Waals surface area contributed by atoms with Crippen molar-refractivity contribution in [2.24, 2.45) is 0 Å². The fourth-order valence-corrected chi connectivity index (χ4v) is 4.47. The highest BCUT2D eigenvalue weighted by molar-refractivity contribution is 7.99. The lowest BCUT2D eigenvalue weighted by molar-refractivity contribution is -0.117. The third-order valence-electron chi connectivity index (χ3n) is 5.00. The number of fused-ring (bicyclic) bond motifs is 1. The first-order valence-corrected chi connectivity index (χ1v) is 10.5. The van der Waals surface area contributed by atoms with Crippen LogP contribution < -0.4 is 15.5 Å². The molecule has 7 nitrogen and oxygen atoms in total. The Balaban J connectivity index is 1.42. The Hall–Kier alpha value is -2.58. The van der Waals surface area contributed by atoms with Crippen LogP contribution >= 0.6 is 11.8 Å². The molecule has 28 heavy (non-hydrogen) atoms. The summed E-state index contributed by atoms with van der Waals surface area (Å²) in [5.41, 5.74) is 2.25. The molecule has 2 aliphatic heterocycles. The maximum atomic E-state index is 12.4. The average Bonchev–Trinajstić information content (AvgIpc) is 2.72. The third-order valence-corrected chi connectivity index (χ3v) is 5.94. The Morgan fingerprint density at radius 3 is 2.75 bits per heavy atom. The molecule has 1 aromatic carbocycles. The van der Waals surface area contributed by atoms with Gasteiger partial charge in [0.2, 0.25) is 5.91 Å². The van der Waals surface area contributed by atoms with Gasteiger partial charge >= 0.3 is 0 Å². The van der Waals surface area contributed by atoms with Gasteiger partial charge in [-0.1, -0.05) is 12.1 Å². The van der Waals surface area contributed by atoms with Crippen molar-refractivity contribution in [1.29, 1.82) is 0 Å². The number of pyridine rings is 1. The summed E-state index contributed by atoms with van der Waals surface area (Å²) in [6.45, 7) is 2.34. The van der Waals surface area contributed by atoms with Crippen LogP contribution in [0.1, 0.15) is 22.1 Å². The molecule has 3 heterocycles. The first-order valence-electron chi connectivity index (χ1n) is 9.30. The molecule has 2 aromatic rings. The topological polar surface area (TPSA) is 77.6 Å². The zero-order valence-corrected chi connectivity index (χ0v) is 16.5. The number of carbonyl (C=O) groups excluding carboxylic acids is 2. The fraction of sp³-hybridized carbons (Fsp3) is 0.350. The molecule has 146 valence electrons. The van der Waals surface area contributed by atoms with Gasteiger partial charge in [0.15, 0.2) is 0 Å². The van der Waals surface area contributed by atoms with E-state index in [0.29, 0.717) is 17.9 Å². The number of nitrogens with one attached hydrogen (secondary N) is 2. The summed E-state index contributed by atoms with van der Waals surface area (Å²) in [6, 6.07) is 11.1. The lowest BCUT2D eigenvalue weighted by atomic mass is 10.1. The van der Waals surface area contributed by atoms with Gasteiger partial charge in [-0.15, -0.1) is 0 Å². The van der Waals surface area contributed by atoms with Crippen molar-refractivity contribution in [1.82, 2.24) is 15.2 Å². The number of amides is 2. The van der Waals surface area contributed by atoms with E-state index in [4.69, 9.17) is 0 Å². The van der Waals surface area contributed by atoms with Gasteiger partial charge in [-0.2, -0.15) is 11.8 Å². The monoisotopic (exact) mass is 397 g/mol. The van der Waals surface area contributed by atoms with Crippen LogP contribution in [0, 0.1) is 0 Å². The van der Waals surface area contributed by atoms with E-state index in [1.165, 1.54) is 0 Å². The first kappa shape index (κ1) is 18.8. The number of carbonyl (C=O) groups is 2. The highest BCUT2D eigenvalue weighted by atomic mass is 32.2. The molecule has 2 aliphatic rings. The van der Waals surface area contributed by atoms with Crippen molar-refractivity contribution in [2.45, 2.75) is 6.17 Å². The molecule has 1 saturated heterocycles. The molecule has 0 spiro atoms. The highest BCUT2D eigenvalue weighted by Crippen LogP contribution is 2.30. The first-order chi connectivity index (χ1) is 13.6. The van der Waals surface area contributed by atoms with Crippen molar-refractivity contribution in [2.75, 3.05) is 48.4 Å². The van der Waals surface area contributed by atoms with Gasteiger partial charge < -0.3 is 15.5 Å². The van der Waals surface area contributed by atoms with E-state index in [1.54, 1.807) is 18.3 Å². The Morgan fingerprint density at radius 2 is 2.00 bits per heavy atom. The molecular weight excluding hydrogens is 374 g/mol. The Bertz CT molecular complexity index is 867. The van der Waals surface area contributed by atoms with E-state index >= 15 is 0 Å². The number of benzene rings is 1. The van der Waals surface area contributed by atoms with Crippen molar-refractivity contribution in [3.8, 4) is 0 Å². The summed E-state index contributed by atoms with van der Waals surface area (Å²) in [5.74, 6) is 2.69. The molecule has 2 amide bonds. The average molecular weight is 398 g/mol. The summed E-state index contributed by atoms with van der Waals surface area (Å²) in [6.07, 6.45) is 1.38. The maximum absolute atomic E-state index is 12.4. The van der Waals surface area contributed by atoms with Gasteiger partial charge in [-0.05, 0) is 29.8 Å². The van der Waals surface area contributed by atoms with Gasteiger partial charge in [0, 0.05) is 43.5 Å². The lowest BCUT2D eigenvalue weighted by Crippen LogP contribution is -2.45. The lowest BCUT2D eigenvalue weighted by Gasteiger charge is -2.35. The minimum atomic E-state index is -0.300. The van der Waals surface area contributed by atoms with E-state index in [-0.39, 0.29) is 18.0 Å². The van der Waals surface area contributed by atoms with Gasteiger partial charge in [-0.25, -0.2) is 4.98 Å². The van der Waals surface area contributed by atoms with Crippen molar-refractivity contribution >= 4 is 35.1 Å². The Labute approximate surface area is 168 Å². The second-order valence-corrected chi connectivity index (χ2v) is 8.14. The smallest absolute Gasteiger partial charge is 0.256 e. The van der Waals surface area contributed by atoms with E-state index in [0.717, 1.165) is 35.8 Å². The normalized spacial score (nSPS) is 19.7. The number of hydrogen-bond acceptors (Lipinski definition) is 6. The summed E-state index contributed by atoms with van der Waals surface area (Å²) < 4.78 is 0. The van der Waals surface area contributed by atoms with Crippen LogP contribution in [-0.4, -0.2) is 59.9 Å². The zero-order valence-electron chi connectivity index (χ0n) is 15.7. The van der Waals surface area contributed by atoms with Gasteiger partial charge in [0.05, 0.1) is 12.1 Å². The Kier molecular flexibility index (Phi) is 5.50. The molecule has 1 aromatic heterocycles. The summed E-state index contributed by atoms with van der Waals surface area (Å²) in [7, 11) is 1.91. The van der Waals surface area contributed by atoms with Crippen LogP contribution in [0.3, 0.4) is 0 Å². The Morgan fingerprint density at radius 1 is 1.25 bits per heavy atom. The molecule has 2 N–H and O–H groups in total. The predicted molar refractivity (Wildman–Crippen MR) is 112 cm³/mol. The number of rotatable bonds is 4. The number of aromatic nitrogens is 1. The van der Waals surface area contributed by atoms with Crippen LogP contribution in [-0.2, 0) is 4.79 Å². The summed E-state index contributed by atoms with van der Waals surface area (Å²) in [5, 5.41) is 5.96. The molecule has 0 radical (unpaired) electrons. The molecule has 1 fully saturated rings. The molecule has 0 bridgehead atoms. The molecule has 4 rings (SSSR count). The second kappa shape index (κ2) is 8.20.